The summed E-state index contributed by atoms with van der Waals surface area (Å²) in [6.07, 6.45) is 3.03. The number of hydrogen-bond acceptors (Lipinski definition) is 3. The largest absolute Gasteiger partial charge is 0.315 e. The van der Waals surface area contributed by atoms with Crippen LogP contribution in [0.4, 0.5) is 5.69 Å². The lowest BCUT2D eigenvalue weighted by molar-refractivity contribution is -0.145. The molecule has 1 saturated carbocycles. The third kappa shape index (κ3) is 2.82. The van der Waals surface area contributed by atoms with Gasteiger partial charge in [-0.05, 0) is 38.3 Å². The molecular formula is C24H26N2O2S. The molecule has 0 unspecified atom stereocenters. The average molecular weight is 407 g/mol. The molecule has 2 aromatic carbocycles. The molecule has 0 N–H and O–H groups in total. The van der Waals surface area contributed by atoms with Crippen molar-refractivity contribution in [3.05, 3.63) is 64.7 Å². The standard InChI is InChI=1S/C24H26N2O2S/c1-16-6-9-18(10-7-16)15-25-21-11-8-17(2)14-20(21)24(23(25)28)26(12-13-29-24)22(27)19-4-3-5-19/h6-11,14,19H,3-5,12-13,15H2,1-2H3/t24-/m1/s1. The summed E-state index contributed by atoms with van der Waals surface area (Å²) in [6.45, 7) is 5.30. The topological polar surface area (TPSA) is 40.6 Å². The fourth-order valence-corrected chi connectivity index (χ4v) is 6.12. The van der Waals surface area contributed by atoms with Crippen LogP contribution in [0.15, 0.2) is 42.5 Å². The molecule has 150 valence electrons. The SMILES string of the molecule is Cc1ccc(CN2C(=O)[C@]3(SCCN3C(=O)C3CCC3)c3cc(C)ccc32)cc1. The molecule has 0 radical (unpaired) electrons. The van der Waals surface area contributed by atoms with Gasteiger partial charge in [-0.2, -0.15) is 0 Å². The molecule has 2 aromatic rings. The van der Waals surface area contributed by atoms with E-state index in [-0.39, 0.29) is 17.7 Å². The van der Waals surface area contributed by atoms with Gasteiger partial charge in [-0.1, -0.05) is 53.9 Å². The van der Waals surface area contributed by atoms with E-state index in [1.807, 2.05) is 9.80 Å². The third-order valence-corrected chi connectivity index (χ3v) is 7.95. The van der Waals surface area contributed by atoms with Crippen LogP contribution in [0.5, 0.6) is 0 Å². The van der Waals surface area contributed by atoms with E-state index in [0.717, 1.165) is 47.4 Å². The molecule has 2 amide bonds. The van der Waals surface area contributed by atoms with Gasteiger partial charge in [-0.25, -0.2) is 0 Å². The Balaban J connectivity index is 1.57. The van der Waals surface area contributed by atoms with Gasteiger partial charge in [0.15, 0.2) is 4.87 Å². The molecule has 1 saturated heterocycles. The molecular weight excluding hydrogens is 380 g/mol. The molecule has 2 heterocycles. The Morgan fingerprint density at radius 2 is 1.83 bits per heavy atom. The summed E-state index contributed by atoms with van der Waals surface area (Å²) in [5, 5.41) is 0. The van der Waals surface area contributed by atoms with Crippen LogP contribution in [-0.4, -0.2) is 29.0 Å². The van der Waals surface area contributed by atoms with Crippen molar-refractivity contribution >= 4 is 29.3 Å². The second kappa shape index (κ2) is 6.91. The fourth-order valence-electron chi connectivity index (χ4n) is 4.66. The Morgan fingerprint density at radius 3 is 2.52 bits per heavy atom. The zero-order chi connectivity index (χ0) is 20.2. The maximum Gasteiger partial charge on any atom is 0.268 e. The second-order valence-electron chi connectivity index (χ2n) is 8.51. The Morgan fingerprint density at radius 1 is 1.10 bits per heavy atom. The predicted molar refractivity (Wildman–Crippen MR) is 117 cm³/mol. The van der Waals surface area contributed by atoms with E-state index in [2.05, 4.69) is 56.3 Å². The maximum absolute atomic E-state index is 13.9. The number of anilines is 1. The second-order valence-corrected chi connectivity index (χ2v) is 9.80. The summed E-state index contributed by atoms with van der Waals surface area (Å²) in [5.74, 6) is 1.10. The number of rotatable bonds is 3. The van der Waals surface area contributed by atoms with Crippen LogP contribution in [-0.2, 0) is 21.0 Å². The molecule has 1 atom stereocenters. The molecule has 5 rings (SSSR count). The molecule has 0 bridgehead atoms. The molecule has 29 heavy (non-hydrogen) atoms. The minimum atomic E-state index is -0.890. The third-order valence-electron chi connectivity index (χ3n) is 6.53. The van der Waals surface area contributed by atoms with E-state index in [1.54, 1.807) is 11.8 Å². The first kappa shape index (κ1) is 18.7. The van der Waals surface area contributed by atoms with Gasteiger partial charge in [-0.3, -0.25) is 9.59 Å². The highest BCUT2D eigenvalue weighted by molar-refractivity contribution is 8.01. The van der Waals surface area contributed by atoms with Crippen molar-refractivity contribution < 1.29 is 9.59 Å². The normalized spacial score (nSPS) is 23.6. The highest BCUT2D eigenvalue weighted by atomic mass is 32.2. The minimum absolute atomic E-state index is 0.0360. The Kier molecular flexibility index (Phi) is 4.46. The first-order valence-electron chi connectivity index (χ1n) is 10.4. The zero-order valence-corrected chi connectivity index (χ0v) is 17.8. The fraction of sp³-hybridized carbons (Fsp3) is 0.417. The quantitative estimate of drug-likeness (QED) is 0.760. The lowest BCUT2D eigenvalue weighted by Gasteiger charge is -2.37. The van der Waals surface area contributed by atoms with Gasteiger partial charge in [0.05, 0.1) is 12.2 Å². The number of nitrogens with zero attached hydrogens (tertiary/aromatic N) is 2. The summed E-state index contributed by atoms with van der Waals surface area (Å²) >= 11 is 1.63. The summed E-state index contributed by atoms with van der Waals surface area (Å²) < 4.78 is 0. The van der Waals surface area contributed by atoms with Gasteiger partial charge in [0, 0.05) is 23.8 Å². The number of benzene rings is 2. The van der Waals surface area contributed by atoms with Gasteiger partial charge in [0.2, 0.25) is 5.91 Å². The summed E-state index contributed by atoms with van der Waals surface area (Å²) in [5.41, 5.74) is 5.37. The molecule has 5 heteroatoms. The zero-order valence-electron chi connectivity index (χ0n) is 17.0. The van der Waals surface area contributed by atoms with Crippen LogP contribution < -0.4 is 4.90 Å². The number of thioether (sulfide) groups is 1. The van der Waals surface area contributed by atoms with E-state index in [0.29, 0.717) is 13.1 Å². The van der Waals surface area contributed by atoms with Crippen LogP contribution >= 0.6 is 11.8 Å². The predicted octanol–water partition coefficient (Wildman–Crippen LogP) is 4.38. The minimum Gasteiger partial charge on any atom is -0.315 e. The van der Waals surface area contributed by atoms with Gasteiger partial charge >= 0.3 is 0 Å². The van der Waals surface area contributed by atoms with E-state index in [1.165, 1.54) is 5.56 Å². The van der Waals surface area contributed by atoms with Crippen LogP contribution in [0.3, 0.4) is 0 Å². The monoisotopic (exact) mass is 406 g/mol. The Bertz CT molecular complexity index is 983. The van der Waals surface area contributed by atoms with Crippen LogP contribution in [0.1, 0.15) is 41.5 Å². The number of carbonyl (C=O) groups excluding carboxylic acids is 2. The average Bonchev–Trinajstić information content (AvgIpc) is 3.19. The van der Waals surface area contributed by atoms with Crippen LogP contribution in [0.25, 0.3) is 0 Å². The molecule has 3 aliphatic rings. The molecule has 2 fully saturated rings. The number of hydrogen-bond donors (Lipinski definition) is 0. The maximum atomic E-state index is 13.9. The first-order valence-corrected chi connectivity index (χ1v) is 11.4. The Hall–Kier alpha value is -2.27. The molecule has 1 spiro atoms. The lowest BCUT2D eigenvalue weighted by Crippen LogP contribution is -2.52. The van der Waals surface area contributed by atoms with Crippen molar-refractivity contribution in [1.82, 2.24) is 4.90 Å². The van der Waals surface area contributed by atoms with Crippen molar-refractivity contribution in [2.45, 2.75) is 44.5 Å². The van der Waals surface area contributed by atoms with Crippen molar-refractivity contribution in [2.24, 2.45) is 5.92 Å². The lowest BCUT2D eigenvalue weighted by atomic mass is 9.84. The molecule has 2 aliphatic heterocycles. The van der Waals surface area contributed by atoms with Gasteiger partial charge in [0.1, 0.15) is 0 Å². The van der Waals surface area contributed by atoms with Crippen LogP contribution in [0.2, 0.25) is 0 Å². The van der Waals surface area contributed by atoms with Crippen molar-refractivity contribution in [3.8, 4) is 0 Å². The van der Waals surface area contributed by atoms with Crippen molar-refractivity contribution in [3.63, 3.8) is 0 Å². The smallest absolute Gasteiger partial charge is 0.268 e. The molecule has 4 nitrogen and oxygen atoms in total. The number of amides is 2. The van der Waals surface area contributed by atoms with Crippen molar-refractivity contribution in [2.75, 3.05) is 17.2 Å². The number of fused-ring (bicyclic) bond motifs is 2. The summed E-state index contributed by atoms with van der Waals surface area (Å²) in [6, 6.07) is 14.6. The highest BCUT2D eigenvalue weighted by Gasteiger charge is 2.60. The van der Waals surface area contributed by atoms with E-state index >= 15 is 0 Å². The van der Waals surface area contributed by atoms with E-state index in [9.17, 15) is 9.59 Å². The van der Waals surface area contributed by atoms with Gasteiger partial charge in [0.25, 0.3) is 5.91 Å². The van der Waals surface area contributed by atoms with Gasteiger partial charge in [-0.15, -0.1) is 11.8 Å². The summed E-state index contributed by atoms with van der Waals surface area (Å²) in [4.78, 5) is 30.1. The summed E-state index contributed by atoms with van der Waals surface area (Å²) in [7, 11) is 0. The first-order chi connectivity index (χ1) is 14.0. The molecule has 1 aliphatic carbocycles. The van der Waals surface area contributed by atoms with Gasteiger partial charge < -0.3 is 9.80 Å². The van der Waals surface area contributed by atoms with Crippen molar-refractivity contribution in [1.29, 1.82) is 0 Å². The molecule has 0 aromatic heterocycles. The van der Waals surface area contributed by atoms with E-state index < -0.39 is 4.87 Å². The number of aryl methyl sites for hydroxylation is 2. The Labute approximate surface area is 176 Å². The van der Waals surface area contributed by atoms with Crippen LogP contribution in [0, 0.1) is 19.8 Å². The van der Waals surface area contributed by atoms with E-state index in [4.69, 9.17) is 0 Å². The highest BCUT2D eigenvalue weighted by Crippen LogP contribution is 2.55. The number of carbonyl (C=O) groups is 2.